The van der Waals surface area contributed by atoms with Crippen molar-refractivity contribution in [1.29, 1.82) is 0 Å². The summed E-state index contributed by atoms with van der Waals surface area (Å²) in [7, 11) is -1.83. The summed E-state index contributed by atoms with van der Waals surface area (Å²) in [5.74, 6) is 0.274. The first-order chi connectivity index (χ1) is 9.21. The standard InChI is InChI=1S/C15H23NO3S/c1-10-5-11(2)15(12(3)6-10)20(18,19)16(4)9-13-7-14(17)8-13/h5-6,13-14,17H,7-9H2,1-4H3. The first kappa shape index (κ1) is 15.5. The lowest BCUT2D eigenvalue weighted by molar-refractivity contribution is 0.0367. The Morgan fingerprint density at radius 3 is 2.15 bits per heavy atom. The average Bonchev–Trinajstić information content (AvgIpc) is 2.24. The molecule has 0 amide bonds. The first-order valence-corrected chi connectivity index (χ1v) is 8.38. The van der Waals surface area contributed by atoms with E-state index in [-0.39, 0.29) is 12.0 Å². The zero-order valence-corrected chi connectivity index (χ0v) is 13.4. The summed E-state index contributed by atoms with van der Waals surface area (Å²) >= 11 is 0. The molecule has 112 valence electrons. The molecule has 1 aromatic rings. The lowest BCUT2D eigenvalue weighted by atomic mass is 9.82. The topological polar surface area (TPSA) is 57.6 Å². The number of hydrogen-bond donors (Lipinski definition) is 1. The van der Waals surface area contributed by atoms with Crippen LogP contribution in [0.15, 0.2) is 17.0 Å². The van der Waals surface area contributed by atoms with Gasteiger partial charge in [0.05, 0.1) is 11.0 Å². The molecule has 0 radical (unpaired) electrons. The molecule has 0 unspecified atom stereocenters. The monoisotopic (exact) mass is 297 g/mol. The molecule has 1 aliphatic carbocycles. The van der Waals surface area contributed by atoms with Crippen LogP contribution in [0.4, 0.5) is 0 Å². The van der Waals surface area contributed by atoms with Gasteiger partial charge < -0.3 is 5.11 Å². The summed E-state index contributed by atoms with van der Waals surface area (Å²) in [5, 5.41) is 9.30. The summed E-state index contributed by atoms with van der Waals surface area (Å²) < 4.78 is 26.8. The van der Waals surface area contributed by atoms with Crippen LogP contribution < -0.4 is 0 Å². The molecule has 5 heteroatoms. The zero-order chi connectivity index (χ0) is 15.1. The van der Waals surface area contributed by atoms with Crippen LogP contribution in [0.5, 0.6) is 0 Å². The fourth-order valence-corrected chi connectivity index (χ4v) is 4.69. The van der Waals surface area contributed by atoms with Crippen LogP contribution in [0.3, 0.4) is 0 Å². The summed E-state index contributed by atoms with van der Waals surface area (Å²) in [4.78, 5) is 0.422. The maximum atomic E-state index is 12.7. The van der Waals surface area contributed by atoms with E-state index in [1.807, 2.05) is 32.9 Å². The van der Waals surface area contributed by atoms with Gasteiger partial charge in [0.15, 0.2) is 0 Å². The number of aliphatic hydroxyl groups is 1. The van der Waals surface area contributed by atoms with Crippen LogP contribution in [0.2, 0.25) is 0 Å². The molecule has 1 saturated carbocycles. The highest BCUT2D eigenvalue weighted by Crippen LogP contribution is 2.30. The fraction of sp³-hybridized carbons (Fsp3) is 0.600. The lowest BCUT2D eigenvalue weighted by Crippen LogP contribution is -2.39. The number of hydrogen-bond acceptors (Lipinski definition) is 3. The minimum atomic E-state index is -3.45. The summed E-state index contributed by atoms with van der Waals surface area (Å²) in [6.45, 7) is 6.13. The molecule has 0 aliphatic heterocycles. The molecule has 1 aliphatic rings. The quantitative estimate of drug-likeness (QED) is 0.925. The molecule has 1 N–H and O–H groups in total. The van der Waals surface area contributed by atoms with Gasteiger partial charge in [0.1, 0.15) is 0 Å². The predicted octanol–water partition coefficient (Wildman–Crippen LogP) is 2.00. The van der Waals surface area contributed by atoms with Gasteiger partial charge in [0, 0.05) is 13.6 Å². The van der Waals surface area contributed by atoms with Crippen molar-refractivity contribution in [1.82, 2.24) is 4.31 Å². The zero-order valence-electron chi connectivity index (χ0n) is 12.5. The van der Waals surface area contributed by atoms with E-state index in [0.29, 0.717) is 24.3 Å². The van der Waals surface area contributed by atoms with Crippen molar-refractivity contribution >= 4 is 10.0 Å². The van der Waals surface area contributed by atoms with Gasteiger partial charge in [-0.15, -0.1) is 0 Å². The SMILES string of the molecule is Cc1cc(C)c(S(=O)(=O)N(C)CC2CC(O)C2)c(C)c1. The minimum absolute atomic E-state index is 0.251. The van der Waals surface area contributed by atoms with Gasteiger partial charge in [-0.25, -0.2) is 12.7 Å². The number of rotatable bonds is 4. The fourth-order valence-electron chi connectivity index (χ4n) is 3.04. The molecule has 0 heterocycles. The Morgan fingerprint density at radius 2 is 1.70 bits per heavy atom. The normalized spacial score (nSPS) is 22.9. The van der Waals surface area contributed by atoms with Crippen LogP contribution in [0, 0.1) is 26.7 Å². The van der Waals surface area contributed by atoms with E-state index in [0.717, 1.165) is 16.7 Å². The summed E-state index contributed by atoms with van der Waals surface area (Å²) in [6.07, 6.45) is 1.15. The van der Waals surface area contributed by atoms with Gasteiger partial charge in [0.25, 0.3) is 0 Å². The number of nitrogens with zero attached hydrogens (tertiary/aromatic N) is 1. The Hall–Kier alpha value is -0.910. The van der Waals surface area contributed by atoms with Crippen molar-refractivity contribution in [3.05, 3.63) is 28.8 Å². The Bertz CT molecular complexity index is 581. The highest BCUT2D eigenvalue weighted by atomic mass is 32.2. The molecule has 20 heavy (non-hydrogen) atoms. The Labute approximate surface area is 121 Å². The third kappa shape index (κ3) is 2.90. The van der Waals surface area contributed by atoms with Crippen LogP contribution in [-0.4, -0.2) is 37.5 Å². The Kier molecular flexibility index (Phi) is 4.23. The highest BCUT2D eigenvalue weighted by molar-refractivity contribution is 7.89. The van der Waals surface area contributed by atoms with E-state index in [1.165, 1.54) is 4.31 Å². The maximum absolute atomic E-state index is 12.7. The van der Waals surface area contributed by atoms with Gasteiger partial charge in [0.2, 0.25) is 10.0 Å². The van der Waals surface area contributed by atoms with Crippen LogP contribution >= 0.6 is 0 Å². The highest BCUT2D eigenvalue weighted by Gasteiger charge is 2.32. The second-order valence-corrected chi connectivity index (χ2v) is 7.99. The third-order valence-electron chi connectivity index (χ3n) is 4.00. The number of benzene rings is 1. The molecule has 0 spiro atoms. The number of aliphatic hydroxyl groups excluding tert-OH is 1. The van der Waals surface area contributed by atoms with Crippen molar-refractivity contribution in [3.8, 4) is 0 Å². The van der Waals surface area contributed by atoms with E-state index in [1.54, 1.807) is 7.05 Å². The molecular formula is C15H23NO3S. The molecule has 0 atom stereocenters. The van der Waals surface area contributed by atoms with Crippen molar-refractivity contribution in [3.63, 3.8) is 0 Å². The summed E-state index contributed by atoms with van der Waals surface area (Å²) in [5.41, 5.74) is 2.66. The predicted molar refractivity (Wildman–Crippen MR) is 79.2 cm³/mol. The molecule has 2 rings (SSSR count). The van der Waals surface area contributed by atoms with Crippen molar-refractivity contribution < 1.29 is 13.5 Å². The van der Waals surface area contributed by atoms with Gasteiger partial charge in [-0.1, -0.05) is 17.7 Å². The van der Waals surface area contributed by atoms with Gasteiger partial charge in [-0.2, -0.15) is 0 Å². The lowest BCUT2D eigenvalue weighted by Gasteiger charge is -2.34. The maximum Gasteiger partial charge on any atom is 0.243 e. The van der Waals surface area contributed by atoms with Gasteiger partial charge in [-0.05, 0) is 50.7 Å². The summed E-state index contributed by atoms with van der Waals surface area (Å²) in [6, 6.07) is 3.81. The molecular weight excluding hydrogens is 274 g/mol. The van der Waals surface area contributed by atoms with Gasteiger partial charge in [-0.3, -0.25) is 0 Å². The van der Waals surface area contributed by atoms with E-state index in [4.69, 9.17) is 0 Å². The van der Waals surface area contributed by atoms with E-state index < -0.39 is 10.0 Å². The van der Waals surface area contributed by atoms with Crippen molar-refractivity contribution in [2.75, 3.05) is 13.6 Å². The largest absolute Gasteiger partial charge is 0.393 e. The second kappa shape index (κ2) is 5.47. The molecule has 0 aromatic heterocycles. The number of aryl methyl sites for hydroxylation is 3. The smallest absolute Gasteiger partial charge is 0.243 e. The van der Waals surface area contributed by atoms with Crippen molar-refractivity contribution in [2.45, 2.75) is 44.6 Å². The third-order valence-corrected chi connectivity index (χ3v) is 6.13. The van der Waals surface area contributed by atoms with E-state index in [9.17, 15) is 13.5 Å². The molecule has 1 fully saturated rings. The molecule has 0 saturated heterocycles. The van der Waals surface area contributed by atoms with E-state index >= 15 is 0 Å². The molecule has 1 aromatic carbocycles. The van der Waals surface area contributed by atoms with Crippen LogP contribution in [-0.2, 0) is 10.0 Å². The van der Waals surface area contributed by atoms with E-state index in [2.05, 4.69) is 0 Å². The van der Waals surface area contributed by atoms with Crippen LogP contribution in [0.1, 0.15) is 29.5 Å². The second-order valence-electron chi connectivity index (χ2n) is 6.00. The average molecular weight is 297 g/mol. The Morgan fingerprint density at radius 1 is 1.20 bits per heavy atom. The Balaban J connectivity index is 2.26. The molecule has 0 bridgehead atoms. The minimum Gasteiger partial charge on any atom is -0.393 e. The van der Waals surface area contributed by atoms with Crippen molar-refractivity contribution in [2.24, 2.45) is 5.92 Å². The molecule has 4 nitrogen and oxygen atoms in total. The van der Waals surface area contributed by atoms with Crippen LogP contribution in [0.25, 0.3) is 0 Å². The van der Waals surface area contributed by atoms with Gasteiger partial charge >= 0.3 is 0 Å². The first-order valence-electron chi connectivity index (χ1n) is 6.94. The number of sulfonamides is 1.